The molecule has 2 aliphatic heterocycles. The van der Waals surface area contributed by atoms with E-state index >= 15 is 0 Å². The predicted molar refractivity (Wildman–Crippen MR) is 109 cm³/mol. The normalized spacial score (nSPS) is 21.4. The van der Waals surface area contributed by atoms with E-state index in [4.69, 9.17) is 0 Å². The maximum atomic E-state index is 12.6. The molecule has 4 amide bonds. The lowest BCUT2D eigenvalue weighted by molar-refractivity contribution is -0.131. The van der Waals surface area contributed by atoms with E-state index in [-0.39, 0.29) is 29.7 Å². The molecular formula is C20H26N4O5S. The van der Waals surface area contributed by atoms with Crippen LogP contribution in [0.5, 0.6) is 0 Å². The summed E-state index contributed by atoms with van der Waals surface area (Å²) < 4.78 is 26.6. The minimum Gasteiger partial charge on any atom is -0.326 e. The molecule has 3 aliphatic rings. The largest absolute Gasteiger partial charge is 0.326 e. The van der Waals surface area contributed by atoms with Crippen molar-refractivity contribution in [3.8, 4) is 0 Å². The highest BCUT2D eigenvalue weighted by Crippen LogP contribution is 2.35. The number of amides is 4. The number of benzene rings is 1. The van der Waals surface area contributed by atoms with Gasteiger partial charge in [0.2, 0.25) is 15.9 Å². The van der Waals surface area contributed by atoms with Gasteiger partial charge in [0.05, 0.1) is 4.90 Å². The number of rotatable bonds is 6. The monoisotopic (exact) mass is 434 g/mol. The van der Waals surface area contributed by atoms with Crippen LogP contribution >= 0.6 is 0 Å². The maximum Gasteiger partial charge on any atom is 0.325 e. The van der Waals surface area contributed by atoms with E-state index in [0.717, 1.165) is 30.6 Å². The van der Waals surface area contributed by atoms with Gasteiger partial charge >= 0.3 is 6.03 Å². The Bertz CT molecular complexity index is 948. The molecule has 0 unspecified atom stereocenters. The SMILES string of the molecule is O=C(CCN1C(=O)NC2(CCCC2)C1=O)Nc1ccc(S(=O)(=O)N2CCCC2)cc1. The Hall–Kier alpha value is -2.46. The van der Waals surface area contributed by atoms with Crippen LogP contribution in [0.4, 0.5) is 10.5 Å². The summed E-state index contributed by atoms with van der Waals surface area (Å²) in [4.78, 5) is 38.4. The molecule has 2 heterocycles. The van der Waals surface area contributed by atoms with Crippen molar-refractivity contribution in [3.63, 3.8) is 0 Å². The molecule has 30 heavy (non-hydrogen) atoms. The molecule has 1 spiro atoms. The van der Waals surface area contributed by atoms with Crippen molar-refractivity contribution >= 4 is 33.6 Å². The van der Waals surface area contributed by atoms with Gasteiger partial charge in [-0.1, -0.05) is 12.8 Å². The van der Waals surface area contributed by atoms with Crippen LogP contribution in [-0.2, 0) is 19.6 Å². The number of nitrogens with zero attached hydrogens (tertiary/aromatic N) is 2. The second-order valence-corrected chi connectivity index (χ2v) is 10.0. The highest BCUT2D eigenvalue weighted by Gasteiger charge is 2.52. The van der Waals surface area contributed by atoms with Gasteiger partial charge in [-0.3, -0.25) is 14.5 Å². The van der Waals surface area contributed by atoms with E-state index in [2.05, 4.69) is 10.6 Å². The molecule has 10 heteroatoms. The summed E-state index contributed by atoms with van der Waals surface area (Å²) in [6, 6.07) is 5.60. The molecule has 0 bridgehead atoms. The minimum absolute atomic E-state index is 0.0136. The molecule has 162 valence electrons. The van der Waals surface area contributed by atoms with Crippen molar-refractivity contribution in [3.05, 3.63) is 24.3 Å². The predicted octanol–water partition coefficient (Wildman–Crippen LogP) is 1.66. The van der Waals surface area contributed by atoms with E-state index < -0.39 is 21.6 Å². The summed E-state index contributed by atoms with van der Waals surface area (Å²) >= 11 is 0. The molecule has 4 rings (SSSR count). The van der Waals surface area contributed by atoms with Gasteiger partial charge in [0, 0.05) is 31.7 Å². The third-order valence-electron chi connectivity index (χ3n) is 6.11. The quantitative estimate of drug-likeness (QED) is 0.661. The standard InChI is InChI=1S/C20H26N4O5S/c25-17(9-14-24-18(26)20(22-19(24)27)10-1-2-11-20)21-15-5-7-16(8-6-15)30(28,29)23-12-3-4-13-23/h5-8H,1-4,9-14H2,(H,21,25)(H,22,27). The number of hydrogen-bond acceptors (Lipinski definition) is 5. The third kappa shape index (κ3) is 3.81. The van der Waals surface area contributed by atoms with Crippen LogP contribution in [0.1, 0.15) is 44.9 Å². The summed E-state index contributed by atoms with van der Waals surface area (Å²) in [6.45, 7) is 1.08. The maximum absolute atomic E-state index is 12.6. The number of carbonyl (C=O) groups is 3. The van der Waals surface area contributed by atoms with Crippen LogP contribution in [0.15, 0.2) is 29.2 Å². The summed E-state index contributed by atoms with van der Waals surface area (Å²) in [5.41, 5.74) is -0.311. The Kier molecular flexibility index (Phi) is 5.54. The van der Waals surface area contributed by atoms with Gasteiger partial charge in [0.15, 0.2) is 0 Å². The van der Waals surface area contributed by atoms with Gasteiger partial charge in [-0.2, -0.15) is 4.31 Å². The number of nitrogens with one attached hydrogen (secondary N) is 2. The number of imide groups is 1. The fraction of sp³-hybridized carbons (Fsp3) is 0.550. The lowest BCUT2D eigenvalue weighted by atomic mass is 9.98. The van der Waals surface area contributed by atoms with Crippen molar-refractivity contribution in [2.24, 2.45) is 0 Å². The first-order valence-corrected chi connectivity index (χ1v) is 11.8. The van der Waals surface area contributed by atoms with E-state index in [1.54, 1.807) is 12.1 Å². The Morgan fingerprint density at radius 1 is 1.03 bits per heavy atom. The summed E-state index contributed by atoms with van der Waals surface area (Å²) in [7, 11) is -3.50. The van der Waals surface area contributed by atoms with Crippen molar-refractivity contribution in [1.82, 2.24) is 14.5 Å². The molecule has 3 fully saturated rings. The van der Waals surface area contributed by atoms with Crippen LogP contribution in [0.3, 0.4) is 0 Å². The summed E-state index contributed by atoms with van der Waals surface area (Å²) in [6.07, 6.45) is 4.81. The Balaban J connectivity index is 1.32. The molecule has 1 saturated carbocycles. The fourth-order valence-electron chi connectivity index (χ4n) is 4.42. The highest BCUT2D eigenvalue weighted by atomic mass is 32.2. The van der Waals surface area contributed by atoms with Crippen molar-refractivity contribution in [1.29, 1.82) is 0 Å². The fourth-order valence-corrected chi connectivity index (χ4v) is 5.94. The topological polar surface area (TPSA) is 116 Å². The lowest BCUT2D eigenvalue weighted by Gasteiger charge is -2.19. The van der Waals surface area contributed by atoms with E-state index in [9.17, 15) is 22.8 Å². The summed E-state index contributed by atoms with van der Waals surface area (Å²) in [5.74, 6) is -0.590. The number of carbonyl (C=O) groups excluding carboxylic acids is 3. The molecule has 2 saturated heterocycles. The first-order chi connectivity index (χ1) is 14.3. The van der Waals surface area contributed by atoms with Crippen LogP contribution in [-0.4, -0.2) is 60.6 Å². The van der Waals surface area contributed by atoms with Crippen LogP contribution in [0.2, 0.25) is 0 Å². The zero-order chi connectivity index (χ0) is 21.4. The first kappa shape index (κ1) is 20.8. The van der Waals surface area contributed by atoms with Crippen LogP contribution < -0.4 is 10.6 Å². The zero-order valence-electron chi connectivity index (χ0n) is 16.7. The molecule has 0 atom stereocenters. The molecule has 1 aliphatic carbocycles. The number of hydrogen-bond donors (Lipinski definition) is 2. The van der Waals surface area contributed by atoms with Gasteiger partial charge in [-0.25, -0.2) is 13.2 Å². The van der Waals surface area contributed by atoms with Gasteiger partial charge < -0.3 is 10.6 Å². The summed E-state index contributed by atoms with van der Waals surface area (Å²) in [5, 5.41) is 5.48. The molecule has 0 radical (unpaired) electrons. The van der Waals surface area contributed by atoms with Gasteiger partial charge in [-0.15, -0.1) is 0 Å². The third-order valence-corrected chi connectivity index (χ3v) is 8.02. The van der Waals surface area contributed by atoms with Gasteiger partial charge in [0.1, 0.15) is 5.54 Å². The van der Waals surface area contributed by atoms with Crippen molar-refractivity contribution < 1.29 is 22.8 Å². The second kappa shape index (κ2) is 7.99. The van der Waals surface area contributed by atoms with Crippen molar-refractivity contribution in [2.75, 3.05) is 25.0 Å². The molecule has 9 nitrogen and oxygen atoms in total. The minimum atomic E-state index is -3.50. The Labute approximate surface area is 175 Å². The lowest BCUT2D eigenvalue weighted by Crippen LogP contribution is -2.44. The average Bonchev–Trinajstić information content (AvgIpc) is 3.45. The highest BCUT2D eigenvalue weighted by molar-refractivity contribution is 7.89. The van der Waals surface area contributed by atoms with Gasteiger partial charge in [-0.05, 0) is 49.9 Å². The Morgan fingerprint density at radius 2 is 1.67 bits per heavy atom. The van der Waals surface area contributed by atoms with Crippen LogP contribution in [0.25, 0.3) is 0 Å². The second-order valence-electron chi connectivity index (χ2n) is 8.11. The molecule has 1 aromatic carbocycles. The molecule has 1 aromatic rings. The van der Waals surface area contributed by atoms with E-state index in [1.165, 1.54) is 16.4 Å². The van der Waals surface area contributed by atoms with E-state index in [1.807, 2.05) is 0 Å². The first-order valence-electron chi connectivity index (χ1n) is 10.4. The number of sulfonamides is 1. The average molecular weight is 435 g/mol. The van der Waals surface area contributed by atoms with E-state index in [0.29, 0.717) is 31.6 Å². The smallest absolute Gasteiger partial charge is 0.325 e. The Morgan fingerprint density at radius 3 is 2.30 bits per heavy atom. The molecule has 2 N–H and O–H groups in total. The van der Waals surface area contributed by atoms with Crippen molar-refractivity contribution in [2.45, 2.75) is 55.4 Å². The zero-order valence-corrected chi connectivity index (χ0v) is 17.5. The molecule has 0 aromatic heterocycles. The number of urea groups is 1. The van der Waals surface area contributed by atoms with Gasteiger partial charge in [0.25, 0.3) is 5.91 Å². The molecular weight excluding hydrogens is 408 g/mol. The number of anilines is 1. The van der Waals surface area contributed by atoms with Crippen LogP contribution in [0, 0.1) is 0 Å².